The van der Waals surface area contributed by atoms with Crippen LogP contribution < -0.4 is 0 Å². The second-order valence-corrected chi connectivity index (χ2v) is 3.95. The Kier molecular flexibility index (Phi) is 1.61. The highest BCUT2D eigenvalue weighted by atomic mass is 79.9. The van der Waals surface area contributed by atoms with Crippen LogP contribution in [0.2, 0.25) is 0 Å². The molecule has 2 heterocycles. The Morgan fingerprint density at radius 3 is 2.86 bits per heavy atom. The van der Waals surface area contributed by atoms with Gasteiger partial charge in [-0.3, -0.25) is 0 Å². The van der Waals surface area contributed by atoms with Gasteiger partial charge < -0.3 is 4.98 Å². The number of nitrogens with one attached hydrogen (secondary N) is 1. The summed E-state index contributed by atoms with van der Waals surface area (Å²) in [6.45, 7) is 0. The molecule has 0 aliphatic heterocycles. The predicted octanol–water partition coefficient (Wildman–Crippen LogP) is 3.48. The summed E-state index contributed by atoms with van der Waals surface area (Å²) in [5.74, 6) is 0. The standard InChI is InChI=1S/C11H7BrN2/c12-11-10-7-3-1-2-4-8(7)14-9(10)5-6-13-11/h1-6,14H. The van der Waals surface area contributed by atoms with Crippen LogP contribution in [-0.4, -0.2) is 9.97 Å². The van der Waals surface area contributed by atoms with Crippen molar-refractivity contribution in [3.05, 3.63) is 41.1 Å². The number of aromatic nitrogens is 2. The normalized spacial score (nSPS) is 11.2. The third-order valence-electron chi connectivity index (χ3n) is 2.37. The number of nitrogens with zero attached hydrogens (tertiary/aromatic N) is 1. The smallest absolute Gasteiger partial charge is 0.116 e. The minimum absolute atomic E-state index is 0.896. The van der Waals surface area contributed by atoms with Crippen molar-refractivity contribution in [2.75, 3.05) is 0 Å². The molecule has 2 nitrogen and oxygen atoms in total. The fourth-order valence-corrected chi connectivity index (χ4v) is 2.30. The molecule has 0 fully saturated rings. The molecule has 2 aromatic heterocycles. The summed E-state index contributed by atoms with van der Waals surface area (Å²) in [6, 6.07) is 10.2. The maximum Gasteiger partial charge on any atom is 0.116 e. The zero-order valence-corrected chi connectivity index (χ0v) is 8.88. The zero-order chi connectivity index (χ0) is 9.54. The molecule has 0 unspecified atom stereocenters. The lowest BCUT2D eigenvalue weighted by Gasteiger charge is -1.92. The number of rotatable bonds is 0. The number of benzene rings is 1. The molecule has 1 N–H and O–H groups in total. The summed E-state index contributed by atoms with van der Waals surface area (Å²) in [7, 11) is 0. The first-order chi connectivity index (χ1) is 6.86. The zero-order valence-electron chi connectivity index (χ0n) is 7.29. The highest BCUT2D eigenvalue weighted by Crippen LogP contribution is 2.29. The molecule has 0 amide bonds. The molecule has 0 radical (unpaired) electrons. The molecule has 0 saturated heterocycles. The Morgan fingerprint density at radius 2 is 1.93 bits per heavy atom. The fourth-order valence-electron chi connectivity index (χ4n) is 1.75. The molecule has 0 bridgehead atoms. The Bertz CT molecular complexity index is 613. The summed E-state index contributed by atoms with van der Waals surface area (Å²) in [5, 5.41) is 2.37. The Morgan fingerprint density at radius 1 is 1.07 bits per heavy atom. The number of hydrogen-bond donors (Lipinski definition) is 1. The van der Waals surface area contributed by atoms with Crippen molar-refractivity contribution in [3.8, 4) is 0 Å². The van der Waals surface area contributed by atoms with Crippen LogP contribution in [0.1, 0.15) is 0 Å². The second kappa shape index (κ2) is 2.82. The molecule has 3 rings (SSSR count). The highest BCUT2D eigenvalue weighted by Gasteiger charge is 2.06. The molecule has 1 aromatic carbocycles. The van der Waals surface area contributed by atoms with Crippen LogP contribution in [-0.2, 0) is 0 Å². The summed E-state index contributed by atoms with van der Waals surface area (Å²) in [4.78, 5) is 7.58. The summed E-state index contributed by atoms with van der Waals surface area (Å²) in [6.07, 6.45) is 1.79. The van der Waals surface area contributed by atoms with E-state index < -0.39 is 0 Å². The molecule has 0 atom stereocenters. The van der Waals surface area contributed by atoms with Crippen LogP contribution in [0.25, 0.3) is 21.8 Å². The van der Waals surface area contributed by atoms with Crippen molar-refractivity contribution < 1.29 is 0 Å². The van der Waals surface area contributed by atoms with Gasteiger partial charge in [-0.1, -0.05) is 18.2 Å². The third kappa shape index (κ3) is 0.990. The second-order valence-electron chi connectivity index (χ2n) is 3.19. The number of H-pyrrole nitrogens is 1. The van der Waals surface area contributed by atoms with E-state index >= 15 is 0 Å². The lowest BCUT2D eigenvalue weighted by Crippen LogP contribution is -1.74. The molecule has 3 heteroatoms. The Labute approximate surface area is 89.1 Å². The van der Waals surface area contributed by atoms with Crippen LogP contribution in [0, 0.1) is 0 Å². The lowest BCUT2D eigenvalue weighted by molar-refractivity contribution is 1.31. The third-order valence-corrected chi connectivity index (χ3v) is 2.97. The molecule has 0 saturated carbocycles. The van der Waals surface area contributed by atoms with Gasteiger partial charge in [0.1, 0.15) is 4.60 Å². The van der Waals surface area contributed by atoms with Gasteiger partial charge in [-0.25, -0.2) is 4.98 Å². The number of para-hydroxylation sites is 1. The summed E-state index contributed by atoms with van der Waals surface area (Å²) < 4.78 is 0.896. The van der Waals surface area contributed by atoms with Gasteiger partial charge in [-0.2, -0.15) is 0 Å². The van der Waals surface area contributed by atoms with E-state index in [0.717, 1.165) is 21.0 Å². The molecule has 0 aliphatic rings. The minimum Gasteiger partial charge on any atom is -0.354 e. The monoisotopic (exact) mass is 246 g/mol. The first kappa shape index (κ1) is 8.00. The van der Waals surface area contributed by atoms with Gasteiger partial charge in [0.05, 0.1) is 5.52 Å². The largest absolute Gasteiger partial charge is 0.354 e. The van der Waals surface area contributed by atoms with Crippen LogP contribution >= 0.6 is 15.9 Å². The van der Waals surface area contributed by atoms with Crippen molar-refractivity contribution >= 4 is 37.7 Å². The van der Waals surface area contributed by atoms with E-state index in [1.807, 2.05) is 18.2 Å². The fraction of sp³-hybridized carbons (Fsp3) is 0. The molecule has 0 spiro atoms. The van der Waals surface area contributed by atoms with Crippen LogP contribution in [0.4, 0.5) is 0 Å². The minimum atomic E-state index is 0.896. The van der Waals surface area contributed by atoms with Crippen molar-refractivity contribution in [1.29, 1.82) is 0 Å². The van der Waals surface area contributed by atoms with Crippen molar-refractivity contribution in [2.45, 2.75) is 0 Å². The number of pyridine rings is 1. The maximum atomic E-state index is 4.23. The number of aromatic amines is 1. The van der Waals surface area contributed by atoms with Crippen LogP contribution in [0.5, 0.6) is 0 Å². The number of hydrogen-bond acceptors (Lipinski definition) is 1. The van der Waals surface area contributed by atoms with Crippen molar-refractivity contribution in [1.82, 2.24) is 9.97 Å². The van der Waals surface area contributed by atoms with E-state index in [1.54, 1.807) is 6.20 Å². The van der Waals surface area contributed by atoms with Crippen LogP contribution in [0.3, 0.4) is 0 Å². The van der Waals surface area contributed by atoms with E-state index in [0.29, 0.717) is 0 Å². The number of fused-ring (bicyclic) bond motifs is 3. The summed E-state index contributed by atoms with van der Waals surface area (Å²) in [5.41, 5.74) is 2.27. The Balaban J connectivity index is 2.65. The molecule has 14 heavy (non-hydrogen) atoms. The average Bonchev–Trinajstić information content (AvgIpc) is 2.57. The summed E-state index contributed by atoms with van der Waals surface area (Å²) >= 11 is 3.47. The van der Waals surface area contributed by atoms with E-state index in [2.05, 4.69) is 38.0 Å². The van der Waals surface area contributed by atoms with Gasteiger partial charge >= 0.3 is 0 Å². The molecule has 0 aliphatic carbocycles. The van der Waals surface area contributed by atoms with E-state index in [9.17, 15) is 0 Å². The van der Waals surface area contributed by atoms with Gasteiger partial charge in [0.2, 0.25) is 0 Å². The molecular weight excluding hydrogens is 240 g/mol. The van der Waals surface area contributed by atoms with E-state index in [4.69, 9.17) is 0 Å². The Hall–Kier alpha value is -1.35. The molecule has 68 valence electrons. The quantitative estimate of drug-likeness (QED) is 0.605. The first-order valence-corrected chi connectivity index (χ1v) is 5.16. The SMILES string of the molecule is Brc1nccc2[nH]c3ccccc3c12. The van der Waals surface area contributed by atoms with Crippen molar-refractivity contribution in [3.63, 3.8) is 0 Å². The molecule has 3 aromatic rings. The highest BCUT2D eigenvalue weighted by molar-refractivity contribution is 9.10. The average molecular weight is 247 g/mol. The van der Waals surface area contributed by atoms with Gasteiger partial charge in [0.25, 0.3) is 0 Å². The molecular formula is C11H7BrN2. The van der Waals surface area contributed by atoms with Gasteiger partial charge in [0, 0.05) is 22.5 Å². The van der Waals surface area contributed by atoms with E-state index in [1.165, 1.54) is 5.39 Å². The van der Waals surface area contributed by atoms with Gasteiger partial charge in [-0.15, -0.1) is 0 Å². The van der Waals surface area contributed by atoms with Crippen molar-refractivity contribution in [2.24, 2.45) is 0 Å². The lowest BCUT2D eigenvalue weighted by atomic mass is 10.2. The topological polar surface area (TPSA) is 28.7 Å². The maximum absolute atomic E-state index is 4.23. The van der Waals surface area contributed by atoms with Crippen LogP contribution in [0.15, 0.2) is 41.1 Å². The number of halogens is 1. The predicted molar refractivity (Wildman–Crippen MR) is 61.3 cm³/mol. The van der Waals surface area contributed by atoms with Gasteiger partial charge in [-0.05, 0) is 28.1 Å². The first-order valence-electron chi connectivity index (χ1n) is 4.37. The van der Waals surface area contributed by atoms with Gasteiger partial charge in [0.15, 0.2) is 0 Å². The van der Waals surface area contributed by atoms with E-state index in [-0.39, 0.29) is 0 Å².